The van der Waals surface area contributed by atoms with Crippen LogP contribution in [0.4, 0.5) is 5.82 Å². The first kappa shape index (κ1) is 16.0. The fourth-order valence-corrected chi connectivity index (χ4v) is 2.46. The maximum atomic E-state index is 12.6. The molecule has 9 heteroatoms. The normalized spacial score (nSPS) is 17.1. The van der Waals surface area contributed by atoms with E-state index in [-0.39, 0.29) is 23.8 Å². The van der Waals surface area contributed by atoms with Crippen LogP contribution in [0, 0.1) is 0 Å². The van der Waals surface area contributed by atoms with Crippen LogP contribution >= 0.6 is 0 Å². The van der Waals surface area contributed by atoms with Crippen LogP contribution in [-0.4, -0.2) is 51.4 Å². The van der Waals surface area contributed by atoms with E-state index < -0.39 is 23.1 Å². The van der Waals surface area contributed by atoms with E-state index in [1.165, 1.54) is 14.1 Å². The van der Waals surface area contributed by atoms with E-state index in [0.29, 0.717) is 13.1 Å². The molecule has 0 saturated carbocycles. The molecular formula is C13H19N5O4. The van der Waals surface area contributed by atoms with Gasteiger partial charge in [0.1, 0.15) is 11.4 Å². The van der Waals surface area contributed by atoms with Gasteiger partial charge in [-0.3, -0.25) is 28.4 Å². The third kappa shape index (κ3) is 2.54. The lowest BCUT2D eigenvalue weighted by atomic mass is 10.0. The number of hydrogen-bond donors (Lipinski definition) is 2. The van der Waals surface area contributed by atoms with Crippen LogP contribution in [0.2, 0.25) is 0 Å². The molecule has 2 rings (SSSR count). The zero-order valence-corrected chi connectivity index (χ0v) is 12.8. The van der Waals surface area contributed by atoms with Crippen LogP contribution < -0.4 is 22.3 Å². The summed E-state index contributed by atoms with van der Waals surface area (Å²) >= 11 is 0. The molecule has 1 amide bonds. The molecule has 1 unspecified atom stereocenters. The van der Waals surface area contributed by atoms with Gasteiger partial charge in [-0.25, -0.2) is 4.79 Å². The Bertz CT molecular complexity index is 748. The van der Waals surface area contributed by atoms with Gasteiger partial charge in [-0.05, 0) is 6.92 Å². The van der Waals surface area contributed by atoms with E-state index in [1.54, 1.807) is 11.8 Å². The Labute approximate surface area is 126 Å². The predicted octanol–water partition coefficient (Wildman–Crippen LogP) is -2.33. The second kappa shape index (κ2) is 5.76. The van der Waals surface area contributed by atoms with Crippen LogP contribution in [0.5, 0.6) is 0 Å². The summed E-state index contributed by atoms with van der Waals surface area (Å²) in [6, 6.07) is -0.682. The van der Waals surface area contributed by atoms with Crippen molar-refractivity contribution in [1.29, 1.82) is 0 Å². The molecule has 1 aromatic rings. The Kier molecular flexibility index (Phi) is 4.18. The first-order chi connectivity index (χ1) is 10.3. The molecule has 0 spiro atoms. The molecule has 1 aliphatic rings. The van der Waals surface area contributed by atoms with Gasteiger partial charge in [0.05, 0.1) is 12.6 Å². The van der Waals surface area contributed by atoms with Crippen molar-refractivity contribution >= 4 is 17.5 Å². The average molecular weight is 309 g/mol. The minimum atomic E-state index is -0.723. The van der Waals surface area contributed by atoms with Crippen LogP contribution in [0.3, 0.4) is 0 Å². The molecule has 3 N–H and O–H groups in total. The van der Waals surface area contributed by atoms with Gasteiger partial charge < -0.3 is 11.1 Å². The number of Topliss-reactive ketones (excluding diaryl/α,β-unsaturated/α-hetero) is 1. The molecular weight excluding hydrogens is 290 g/mol. The maximum Gasteiger partial charge on any atom is 0.332 e. The third-order valence-corrected chi connectivity index (χ3v) is 3.95. The van der Waals surface area contributed by atoms with E-state index in [1.807, 2.05) is 0 Å². The summed E-state index contributed by atoms with van der Waals surface area (Å²) in [5, 5.41) is 2.67. The highest BCUT2D eigenvalue weighted by atomic mass is 16.2. The van der Waals surface area contributed by atoms with E-state index in [0.717, 1.165) is 9.13 Å². The zero-order chi connectivity index (χ0) is 16.6. The number of carbonyl (C=O) groups is 2. The number of carbonyl (C=O) groups excluding carboxylic acids is 2. The van der Waals surface area contributed by atoms with Gasteiger partial charge in [0.2, 0.25) is 5.91 Å². The Morgan fingerprint density at radius 3 is 2.45 bits per heavy atom. The van der Waals surface area contributed by atoms with Crippen LogP contribution in [0.25, 0.3) is 0 Å². The standard InChI is InChI=1S/C13H19N5O4/c1-7(18-5-4-15-8(19)6-18)10(20)9-11(14)16(2)13(22)17(3)12(9)21/h7H,4-6,14H2,1-3H3,(H,15,19). The fraction of sp³-hybridized carbons (Fsp3) is 0.538. The van der Waals surface area contributed by atoms with Crippen molar-refractivity contribution < 1.29 is 9.59 Å². The number of hydrogen-bond acceptors (Lipinski definition) is 6. The van der Waals surface area contributed by atoms with Crippen molar-refractivity contribution in [2.75, 3.05) is 25.4 Å². The number of amides is 1. The zero-order valence-electron chi connectivity index (χ0n) is 12.8. The minimum Gasteiger partial charge on any atom is -0.384 e. The first-order valence-electron chi connectivity index (χ1n) is 6.86. The largest absolute Gasteiger partial charge is 0.384 e. The minimum absolute atomic E-state index is 0.0822. The molecule has 1 fully saturated rings. The van der Waals surface area contributed by atoms with E-state index in [4.69, 9.17) is 5.73 Å². The number of nitrogens with zero attached hydrogens (tertiary/aromatic N) is 3. The molecule has 2 heterocycles. The second-order valence-corrected chi connectivity index (χ2v) is 5.33. The van der Waals surface area contributed by atoms with E-state index >= 15 is 0 Å². The van der Waals surface area contributed by atoms with Crippen molar-refractivity contribution in [2.45, 2.75) is 13.0 Å². The van der Waals surface area contributed by atoms with Crippen molar-refractivity contribution in [3.63, 3.8) is 0 Å². The molecule has 0 aromatic carbocycles. The molecule has 22 heavy (non-hydrogen) atoms. The highest BCUT2D eigenvalue weighted by molar-refractivity contribution is 6.03. The Morgan fingerprint density at radius 1 is 1.23 bits per heavy atom. The number of ketones is 1. The lowest BCUT2D eigenvalue weighted by Gasteiger charge is -2.31. The molecule has 9 nitrogen and oxygen atoms in total. The molecule has 0 aliphatic carbocycles. The molecule has 1 aromatic heterocycles. The van der Waals surface area contributed by atoms with Gasteiger partial charge in [0.15, 0.2) is 5.78 Å². The van der Waals surface area contributed by atoms with E-state index in [2.05, 4.69) is 5.32 Å². The summed E-state index contributed by atoms with van der Waals surface area (Å²) in [7, 11) is 2.69. The first-order valence-corrected chi connectivity index (χ1v) is 6.86. The Hall–Kier alpha value is -2.42. The molecule has 1 atom stereocenters. The molecule has 120 valence electrons. The van der Waals surface area contributed by atoms with Gasteiger partial charge in [-0.1, -0.05) is 0 Å². The Balaban J connectivity index is 2.44. The molecule has 1 aliphatic heterocycles. The quantitative estimate of drug-likeness (QED) is 0.604. The number of nitrogens with one attached hydrogen (secondary N) is 1. The fourth-order valence-electron chi connectivity index (χ4n) is 2.46. The summed E-state index contributed by atoms with van der Waals surface area (Å²) in [6.45, 7) is 2.64. The van der Waals surface area contributed by atoms with Crippen molar-refractivity contribution in [1.82, 2.24) is 19.4 Å². The smallest absolute Gasteiger partial charge is 0.332 e. The van der Waals surface area contributed by atoms with Crippen LogP contribution in [0.1, 0.15) is 17.3 Å². The van der Waals surface area contributed by atoms with Gasteiger partial charge in [0.25, 0.3) is 5.56 Å². The third-order valence-electron chi connectivity index (χ3n) is 3.95. The SMILES string of the molecule is CC(C(=O)c1c(N)n(C)c(=O)n(C)c1=O)N1CCNC(=O)C1. The molecule has 0 bridgehead atoms. The van der Waals surface area contributed by atoms with E-state index in [9.17, 15) is 19.2 Å². The van der Waals surface area contributed by atoms with Gasteiger partial charge in [-0.2, -0.15) is 0 Å². The van der Waals surface area contributed by atoms with Crippen LogP contribution in [-0.2, 0) is 18.9 Å². The van der Waals surface area contributed by atoms with Gasteiger partial charge in [-0.15, -0.1) is 0 Å². The van der Waals surface area contributed by atoms with Crippen LogP contribution in [0.15, 0.2) is 9.59 Å². The average Bonchev–Trinajstić information content (AvgIpc) is 2.50. The number of anilines is 1. The predicted molar refractivity (Wildman–Crippen MR) is 79.7 cm³/mol. The number of piperazine rings is 1. The van der Waals surface area contributed by atoms with Gasteiger partial charge >= 0.3 is 5.69 Å². The van der Waals surface area contributed by atoms with Crippen molar-refractivity contribution in [3.05, 3.63) is 26.4 Å². The van der Waals surface area contributed by atoms with Crippen molar-refractivity contribution in [3.8, 4) is 0 Å². The van der Waals surface area contributed by atoms with Crippen molar-refractivity contribution in [2.24, 2.45) is 14.1 Å². The molecule has 1 saturated heterocycles. The maximum absolute atomic E-state index is 12.6. The van der Waals surface area contributed by atoms with Gasteiger partial charge in [0, 0.05) is 27.2 Å². The number of aromatic nitrogens is 2. The topological polar surface area (TPSA) is 119 Å². The second-order valence-electron chi connectivity index (χ2n) is 5.33. The number of rotatable bonds is 3. The summed E-state index contributed by atoms with van der Waals surface area (Å²) in [5.74, 6) is -0.831. The lowest BCUT2D eigenvalue weighted by molar-refractivity contribution is -0.124. The summed E-state index contributed by atoms with van der Waals surface area (Å²) in [5.41, 5.74) is 4.24. The number of nitrogens with two attached hydrogens (primary N) is 1. The summed E-state index contributed by atoms with van der Waals surface area (Å²) in [6.07, 6.45) is 0. The highest BCUT2D eigenvalue weighted by Crippen LogP contribution is 2.11. The Morgan fingerprint density at radius 2 is 1.86 bits per heavy atom. The highest BCUT2D eigenvalue weighted by Gasteiger charge is 2.30. The lowest BCUT2D eigenvalue weighted by Crippen LogP contribution is -2.54. The summed E-state index contributed by atoms with van der Waals surface area (Å²) in [4.78, 5) is 49.7. The summed E-state index contributed by atoms with van der Waals surface area (Å²) < 4.78 is 1.91. The number of nitrogen functional groups attached to an aromatic ring is 1. The monoisotopic (exact) mass is 309 g/mol. The molecule has 0 radical (unpaired) electrons.